The van der Waals surface area contributed by atoms with E-state index in [1.807, 2.05) is 0 Å². The second kappa shape index (κ2) is 6.88. The number of nitrogens with two attached hydrogens (primary N) is 1. The molecule has 1 saturated heterocycles. The Bertz CT molecular complexity index is 494. The van der Waals surface area contributed by atoms with Crippen LogP contribution in [0.15, 0.2) is 18.2 Å². The highest BCUT2D eigenvalue weighted by atomic mass is 15.2. The van der Waals surface area contributed by atoms with Crippen LogP contribution in [0.3, 0.4) is 0 Å². The minimum atomic E-state index is 0.618. The summed E-state index contributed by atoms with van der Waals surface area (Å²) in [6.45, 7) is 3.36. The van der Waals surface area contributed by atoms with Crippen molar-refractivity contribution in [2.24, 2.45) is 0 Å². The molecule has 22 heavy (non-hydrogen) atoms. The van der Waals surface area contributed by atoms with Crippen molar-refractivity contribution in [2.75, 3.05) is 38.2 Å². The molecular weight excluding hydrogens is 272 g/mol. The Hall–Kier alpha value is -1.26. The number of likely N-dealkylation sites (tertiary alicyclic amines) is 1. The van der Waals surface area contributed by atoms with Gasteiger partial charge in [-0.3, -0.25) is 4.90 Å². The lowest BCUT2D eigenvalue weighted by molar-refractivity contribution is 0.265. The highest BCUT2D eigenvalue weighted by Crippen LogP contribution is 2.27. The zero-order valence-electron chi connectivity index (χ0n) is 14.0. The third kappa shape index (κ3) is 3.73. The van der Waals surface area contributed by atoms with Crippen molar-refractivity contribution in [3.63, 3.8) is 0 Å². The first-order valence-corrected chi connectivity index (χ1v) is 8.65. The minimum absolute atomic E-state index is 0.618. The summed E-state index contributed by atoms with van der Waals surface area (Å²) in [6.07, 6.45) is 6.51. The Morgan fingerprint density at radius 1 is 1.23 bits per heavy atom. The zero-order valence-corrected chi connectivity index (χ0v) is 14.0. The third-order valence-corrected chi connectivity index (χ3v) is 5.21. The molecule has 4 nitrogen and oxygen atoms in total. The van der Waals surface area contributed by atoms with Crippen LogP contribution < -0.4 is 11.1 Å². The number of nitrogens with one attached hydrogen (secondary N) is 1. The van der Waals surface area contributed by atoms with Gasteiger partial charge in [-0.1, -0.05) is 18.9 Å². The summed E-state index contributed by atoms with van der Waals surface area (Å²) < 4.78 is 0. The van der Waals surface area contributed by atoms with Gasteiger partial charge in [-0.05, 0) is 51.1 Å². The van der Waals surface area contributed by atoms with Crippen LogP contribution in [-0.2, 0) is 6.54 Å². The van der Waals surface area contributed by atoms with Crippen LogP contribution >= 0.6 is 0 Å². The summed E-state index contributed by atoms with van der Waals surface area (Å²) >= 11 is 0. The molecule has 1 aliphatic heterocycles. The highest BCUT2D eigenvalue weighted by Gasteiger charge is 2.24. The van der Waals surface area contributed by atoms with Crippen molar-refractivity contribution in [1.82, 2.24) is 9.80 Å². The third-order valence-electron chi connectivity index (χ3n) is 5.21. The van der Waals surface area contributed by atoms with E-state index in [0.29, 0.717) is 12.1 Å². The summed E-state index contributed by atoms with van der Waals surface area (Å²) in [7, 11) is 4.35. The van der Waals surface area contributed by atoms with Crippen LogP contribution in [0.5, 0.6) is 0 Å². The van der Waals surface area contributed by atoms with Gasteiger partial charge in [0.05, 0.1) is 11.4 Å². The van der Waals surface area contributed by atoms with E-state index < -0.39 is 0 Å². The minimum Gasteiger partial charge on any atom is -0.397 e. The molecule has 0 amide bonds. The van der Waals surface area contributed by atoms with Gasteiger partial charge in [-0.25, -0.2) is 0 Å². The van der Waals surface area contributed by atoms with Gasteiger partial charge < -0.3 is 16.0 Å². The van der Waals surface area contributed by atoms with E-state index in [-0.39, 0.29) is 0 Å². The van der Waals surface area contributed by atoms with Crippen LogP contribution in [0.25, 0.3) is 0 Å². The molecular formula is C18H30N4. The SMILES string of the molecule is CN(C)[C@H]1CCN(Cc2ccc(NC3CCCC3)c(N)c2)C1. The van der Waals surface area contributed by atoms with E-state index in [1.165, 1.54) is 44.2 Å². The molecule has 0 spiro atoms. The molecule has 3 rings (SSSR count). The lowest BCUT2D eigenvalue weighted by Gasteiger charge is -2.21. The first-order chi connectivity index (χ1) is 10.6. The molecule has 2 fully saturated rings. The normalized spacial score (nSPS) is 23.5. The molecule has 0 bridgehead atoms. The van der Waals surface area contributed by atoms with E-state index in [0.717, 1.165) is 24.5 Å². The van der Waals surface area contributed by atoms with Crippen molar-refractivity contribution < 1.29 is 0 Å². The molecule has 1 aromatic rings. The summed E-state index contributed by atoms with van der Waals surface area (Å²) in [5.74, 6) is 0. The van der Waals surface area contributed by atoms with E-state index in [4.69, 9.17) is 5.73 Å². The Morgan fingerprint density at radius 2 is 2.00 bits per heavy atom. The largest absolute Gasteiger partial charge is 0.397 e. The number of hydrogen-bond donors (Lipinski definition) is 2. The van der Waals surface area contributed by atoms with Gasteiger partial charge in [0, 0.05) is 31.7 Å². The van der Waals surface area contributed by atoms with E-state index >= 15 is 0 Å². The van der Waals surface area contributed by atoms with Crippen molar-refractivity contribution in [3.8, 4) is 0 Å². The molecule has 2 aliphatic rings. The Balaban J connectivity index is 1.57. The monoisotopic (exact) mass is 302 g/mol. The number of nitrogen functional groups attached to an aromatic ring is 1. The van der Waals surface area contributed by atoms with Gasteiger partial charge >= 0.3 is 0 Å². The van der Waals surface area contributed by atoms with Gasteiger partial charge in [0.2, 0.25) is 0 Å². The van der Waals surface area contributed by atoms with Gasteiger partial charge in [0.25, 0.3) is 0 Å². The Kier molecular flexibility index (Phi) is 4.89. The van der Waals surface area contributed by atoms with Crippen LogP contribution in [0.2, 0.25) is 0 Å². The highest BCUT2D eigenvalue weighted by molar-refractivity contribution is 5.67. The molecule has 0 unspecified atom stereocenters. The number of rotatable bonds is 5. The van der Waals surface area contributed by atoms with Crippen LogP contribution in [0.1, 0.15) is 37.7 Å². The number of nitrogens with zero attached hydrogens (tertiary/aromatic N) is 2. The topological polar surface area (TPSA) is 44.5 Å². The lowest BCUT2D eigenvalue weighted by Crippen LogP contribution is -2.31. The Morgan fingerprint density at radius 3 is 2.64 bits per heavy atom. The van der Waals surface area contributed by atoms with E-state index in [9.17, 15) is 0 Å². The predicted octanol–water partition coefficient (Wildman–Crippen LogP) is 2.76. The van der Waals surface area contributed by atoms with Crippen molar-refractivity contribution in [3.05, 3.63) is 23.8 Å². The average Bonchev–Trinajstić information content (AvgIpc) is 3.13. The summed E-state index contributed by atoms with van der Waals surface area (Å²) in [5.41, 5.74) is 9.60. The molecule has 1 aliphatic carbocycles. The second-order valence-corrected chi connectivity index (χ2v) is 7.19. The molecule has 1 aromatic carbocycles. The number of anilines is 2. The molecule has 0 radical (unpaired) electrons. The first-order valence-electron chi connectivity index (χ1n) is 8.65. The molecule has 1 heterocycles. The fourth-order valence-corrected chi connectivity index (χ4v) is 3.77. The molecule has 3 N–H and O–H groups in total. The Labute approximate surface area is 134 Å². The van der Waals surface area contributed by atoms with Crippen LogP contribution in [-0.4, -0.2) is 49.1 Å². The first kappa shape index (κ1) is 15.6. The smallest absolute Gasteiger partial charge is 0.0576 e. The number of benzene rings is 1. The molecule has 4 heteroatoms. The zero-order chi connectivity index (χ0) is 15.5. The maximum Gasteiger partial charge on any atom is 0.0576 e. The predicted molar refractivity (Wildman–Crippen MR) is 94.1 cm³/mol. The van der Waals surface area contributed by atoms with E-state index in [2.05, 4.69) is 47.4 Å². The lowest BCUT2D eigenvalue weighted by atomic mass is 10.1. The molecule has 122 valence electrons. The van der Waals surface area contributed by atoms with Crippen LogP contribution in [0, 0.1) is 0 Å². The maximum absolute atomic E-state index is 6.26. The summed E-state index contributed by atoms with van der Waals surface area (Å²) in [6, 6.07) is 7.87. The number of likely N-dealkylation sites (N-methyl/N-ethyl adjacent to an activating group) is 1. The fraction of sp³-hybridized carbons (Fsp3) is 0.667. The fourth-order valence-electron chi connectivity index (χ4n) is 3.77. The van der Waals surface area contributed by atoms with Crippen molar-refractivity contribution >= 4 is 11.4 Å². The quantitative estimate of drug-likeness (QED) is 0.821. The maximum atomic E-state index is 6.26. The van der Waals surface area contributed by atoms with Crippen molar-refractivity contribution in [1.29, 1.82) is 0 Å². The van der Waals surface area contributed by atoms with Gasteiger partial charge in [0.1, 0.15) is 0 Å². The average molecular weight is 302 g/mol. The second-order valence-electron chi connectivity index (χ2n) is 7.19. The number of hydrogen-bond acceptors (Lipinski definition) is 4. The molecule has 0 aromatic heterocycles. The van der Waals surface area contributed by atoms with Gasteiger partial charge in [0.15, 0.2) is 0 Å². The summed E-state index contributed by atoms with van der Waals surface area (Å²) in [4.78, 5) is 4.87. The summed E-state index contributed by atoms with van der Waals surface area (Å²) in [5, 5.41) is 3.61. The van der Waals surface area contributed by atoms with Gasteiger partial charge in [-0.15, -0.1) is 0 Å². The van der Waals surface area contributed by atoms with Gasteiger partial charge in [-0.2, -0.15) is 0 Å². The van der Waals surface area contributed by atoms with Crippen LogP contribution in [0.4, 0.5) is 11.4 Å². The molecule has 1 atom stereocenters. The molecule has 1 saturated carbocycles. The standard InChI is InChI=1S/C18H30N4/c1-21(2)16-9-10-22(13-16)12-14-7-8-18(17(19)11-14)20-15-5-3-4-6-15/h7-8,11,15-16,20H,3-6,9-10,12-13,19H2,1-2H3/t16-/m0/s1. The van der Waals surface area contributed by atoms with E-state index in [1.54, 1.807) is 0 Å². The van der Waals surface area contributed by atoms with Crippen molar-refractivity contribution in [2.45, 2.75) is 50.7 Å².